The maximum absolute atomic E-state index is 12.1. The molecule has 1 aliphatic rings. The summed E-state index contributed by atoms with van der Waals surface area (Å²) >= 11 is 4.61. The van der Waals surface area contributed by atoms with E-state index in [0.29, 0.717) is 36.2 Å². The van der Waals surface area contributed by atoms with Gasteiger partial charge in [-0.3, -0.25) is 10.1 Å². The van der Waals surface area contributed by atoms with Crippen LogP contribution in [0.5, 0.6) is 11.5 Å². The molecular weight excluding hydrogens is 470 g/mol. The highest BCUT2D eigenvalue weighted by molar-refractivity contribution is 8.01. The fraction of sp³-hybridized carbons (Fsp3) is 0.300. The smallest absolute Gasteiger partial charge is 0.325 e. The Balaban J connectivity index is 1.14. The van der Waals surface area contributed by atoms with Crippen LogP contribution < -0.4 is 25.4 Å². The molecule has 9 nitrogen and oxygen atoms in total. The summed E-state index contributed by atoms with van der Waals surface area (Å²) in [5.74, 6) is 1.32. The fourth-order valence-electron chi connectivity index (χ4n) is 2.79. The molecule has 0 saturated carbocycles. The SMILES string of the molecule is O=C(CCSc1nnc(NCCc2cccs2)s1)NC(=O)Nc1ccc2c(c1)OCCO2. The largest absolute Gasteiger partial charge is 0.486 e. The number of nitrogens with zero attached hydrogens (tertiary/aromatic N) is 2. The lowest BCUT2D eigenvalue weighted by Crippen LogP contribution is -2.34. The van der Waals surface area contributed by atoms with E-state index in [-0.39, 0.29) is 12.3 Å². The Morgan fingerprint density at radius 1 is 1.12 bits per heavy atom. The molecule has 0 saturated heterocycles. The number of urea groups is 1. The van der Waals surface area contributed by atoms with Crippen LogP contribution in [0.4, 0.5) is 15.6 Å². The van der Waals surface area contributed by atoms with Crippen molar-refractivity contribution in [3.63, 3.8) is 0 Å². The number of amides is 3. The number of aromatic nitrogens is 2. The number of hydrogen-bond donors (Lipinski definition) is 3. The highest BCUT2D eigenvalue weighted by Gasteiger charge is 2.14. The third kappa shape index (κ3) is 6.58. The van der Waals surface area contributed by atoms with E-state index in [1.54, 1.807) is 29.5 Å². The van der Waals surface area contributed by atoms with Crippen LogP contribution in [-0.4, -0.2) is 47.6 Å². The minimum absolute atomic E-state index is 0.181. The quantitative estimate of drug-likeness (QED) is 0.387. The van der Waals surface area contributed by atoms with Crippen molar-refractivity contribution in [3.05, 3.63) is 40.6 Å². The lowest BCUT2D eigenvalue weighted by Gasteiger charge is -2.19. The summed E-state index contributed by atoms with van der Waals surface area (Å²) < 4.78 is 11.7. The maximum atomic E-state index is 12.1. The molecule has 3 amide bonds. The zero-order valence-electron chi connectivity index (χ0n) is 17.0. The number of benzene rings is 1. The Bertz CT molecular complexity index is 1060. The molecule has 0 unspecified atom stereocenters. The predicted octanol–water partition coefficient (Wildman–Crippen LogP) is 3.86. The Kier molecular flexibility index (Phi) is 7.80. The van der Waals surface area contributed by atoms with E-state index in [1.807, 2.05) is 6.07 Å². The van der Waals surface area contributed by atoms with Crippen molar-refractivity contribution in [1.29, 1.82) is 0 Å². The number of ether oxygens (including phenoxy) is 2. The fourth-order valence-corrected chi connectivity index (χ4v) is 5.29. The molecule has 0 fully saturated rings. The van der Waals surface area contributed by atoms with Gasteiger partial charge in [0.15, 0.2) is 15.8 Å². The van der Waals surface area contributed by atoms with E-state index in [9.17, 15) is 9.59 Å². The molecule has 4 rings (SSSR count). The summed E-state index contributed by atoms with van der Waals surface area (Å²) in [6.45, 7) is 1.75. The number of carbonyl (C=O) groups excluding carboxylic acids is 2. The van der Waals surface area contributed by atoms with Gasteiger partial charge in [0, 0.05) is 35.3 Å². The number of anilines is 2. The number of thiophene rings is 1. The van der Waals surface area contributed by atoms with Crippen LogP contribution in [0.15, 0.2) is 40.1 Å². The zero-order chi connectivity index (χ0) is 22.2. The monoisotopic (exact) mass is 491 g/mol. The average molecular weight is 492 g/mol. The molecule has 3 aromatic rings. The van der Waals surface area contributed by atoms with Crippen molar-refractivity contribution in [2.75, 3.05) is 36.1 Å². The summed E-state index contributed by atoms with van der Waals surface area (Å²) in [4.78, 5) is 25.4. The van der Waals surface area contributed by atoms with Gasteiger partial charge < -0.3 is 20.1 Å². The first-order chi connectivity index (χ1) is 15.7. The van der Waals surface area contributed by atoms with E-state index >= 15 is 0 Å². The van der Waals surface area contributed by atoms with Crippen LogP contribution in [0.25, 0.3) is 0 Å². The van der Waals surface area contributed by atoms with Crippen molar-refractivity contribution >= 4 is 57.2 Å². The Hall–Kier alpha value is -2.83. The molecule has 3 N–H and O–H groups in total. The number of nitrogens with one attached hydrogen (secondary N) is 3. The number of rotatable bonds is 9. The molecule has 12 heteroatoms. The lowest BCUT2D eigenvalue weighted by atomic mass is 10.2. The first-order valence-electron chi connectivity index (χ1n) is 9.89. The second kappa shape index (κ2) is 11.2. The molecule has 2 aromatic heterocycles. The highest BCUT2D eigenvalue weighted by Crippen LogP contribution is 2.32. The van der Waals surface area contributed by atoms with Gasteiger partial charge in [-0.05, 0) is 30.0 Å². The average Bonchev–Trinajstić information content (AvgIpc) is 3.46. The number of imide groups is 1. The highest BCUT2D eigenvalue weighted by atomic mass is 32.2. The topological polar surface area (TPSA) is 114 Å². The second-order valence-corrected chi connectivity index (χ2v) is 9.94. The standard InChI is InChI=1S/C20H21N5O4S3/c26-17(23-18(27)22-13-3-4-15-16(12-13)29-9-8-28-15)6-11-31-20-25-24-19(32-20)21-7-5-14-2-1-10-30-14/h1-4,10,12H,5-9,11H2,(H,21,24)(H2,22,23,26,27). The molecule has 0 spiro atoms. The third-order valence-electron chi connectivity index (χ3n) is 4.24. The summed E-state index contributed by atoms with van der Waals surface area (Å²) in [5, 5.41) is 19.3. The summed E-state index contributed by atoms with van der Waals surface area (Å²) in [7, 11) is 0. The summed E-state index contributed by atoms with van der Waals surface area (Å²) in [6.07, 6.45) is 1.12. The van der Waals surface area contributed by atoms with E-state index in [1.165, 1.54) is 28.0 Å². The van der Waals surface area contributed by atoms with Gasteiger partial charge in [0.25, 0.3) is 0 Å². The van der Waals surface area contributed by atoms with Crippen LogP contribution in [0, 0.1) is 0 Å². The van der Waals surface area contributed by atoms with Crippen molar-refractivity contribution < 1.29 is 19.1 Å². The first-order valence-corrected chi connectivity index (χ1v) is 12.6. The third-order valence-corrected chi connectivity index (χ3v) is 7.19. The molecule has 0 bridgehead atoms. The molecule has 32 heavy (non-hydrogen) atoms. The number of thioether (sulfide) groups is 1. The molecule has 0 aliphatic carbocycles. The van der Waals surface area contributed by atoms with Crippen molar-refractivity contribution in [2.45, 2.75) is 17.2 Å². The van der Waals surface area contributed by atoms with E-state index in [2.05, 4.69) is 37.6 Å². The van der Waals surface area contributed by atoms with Crippen molar-refractivity contribution in [2.24, 2.45) is 0 Å². The molecule has 0 atom stereocenters. The Morgan fingerprint density at radius 2 is 2.00 bits per heavy atom. The number of fused-ring (bicyclic) bond motifs is 1. The maximum Gasteiger partial charge on any atom is 0.325 e. The Morgan fingerprint density at radius 3 is 2.84 bits per heavy atom. The van der Waals surface area contributed by atoms with Gasteiger partial charge in [0.2, 0.25) is 11.0 Å². The van der Waals surface area contributed by atoms with Gasteiger partial charge in [0.05, 0.1) is 0 Å². The van der Waals surface area contributed by atoms with Gasteiger partial charge in [-0.15, -0.1) is 21.5 Å². The molecule has 3 heterocycles. The molecular formula is C20H21N5O4S3. The molecule has 168 valence electrons. The first kappa shape index (κ1) is 22.4. The minimum Gasteiger partial charge on any atom is -0.486 e. The zero-order valence-corrected chi connectivity index (χ0v) is 19.4. The normalized spacial score (nSPS) is 12.2. The lowest BCUT2D eigenvalue weighted by molar-refractivity contribution is -0.119. The minimum atomic E-state index is -0.593. The predicted molar refractivity (Wildman–Crippen MR) is 126 cm³/mol. The van der Waals surface area contributed by atoms with Crippen LogP contribution in [-0.2, 0) is 11.2 Å². The molecule has 1 aromatic carbocycles. The Labute approximate surface area is 196 Å². The number of carbonyl (C=O) groups is 2. The van der Waals surface area contributed by atoms with Crippen LogP contribution in [0.3, 0.4) is 0 Å². The van der Waals surface area contributed by atoms with Crippen LogP contribution in [0.2, 0.25) is 0 Å². The molecule has 0 radical (unpaired) electrons. The van der Waals surface area contributed by atoms with Crippen LogP contribution >= 0.6 is 34.4 Å². The second-order valence-electron chi connectivity index (χ2n) is 6.59. The number of hydrogen-bond acceptors (Lipinski definition) is 10. The van der Waals surface area contributed by atoms with Gasteiger partial charge in [0.1, 0.15) is 13.2 Å². The molecule has 1 aliphatic heterocycles. The summed E-state index contributed by atoms with van der Waals surface area (Å²) in [6, 6.07) is 8.62. The van der Waals surface area contributed by atoms with Crippen molar-refractivity contribution in [3.8, 4) is 11.5 Å². The summed E-state index contributed by atoms with van der Waals surface area (Å²) in [5.41, 5.74) is 0.516. The van der Waals surface area contributed by atoms with E-state index < -0.39 is 6.03 Å². The van der Waals surface area contributed by atoms with Gasteiger partial charge in [-0.2, -0.15) is 0 Å². The van der Waals surface area contributed by atoms with Gasteiger partial charge in [-0.25, -0.2) is 4.79 Å². The van der Waals surface area contributed by atoms with Crippen molar-refractivity contribution in [1.82, 2.24) is 15.5 Å². The van der Waals surface area contributed by atoms with E-state index in [0.717, 1.165) is 22.4 Å². The van der Waals surface area contributed by atoms with E-state index in [4.69, 9.17) is 9.47 Å². The van der Waals surface area contributed by atoms with Gasteiger partial charge in [-0.1, -0.05) is 29.2 Å². The van der Waals surface area contributed by atoms with Crippen LogP contribution in [0.1, 0.15) is 11.3 Å². The van der Waals surface area contributed by atoms with Gasteiger partial charge >= 0.3 is 6.03 Å².